The first-order valence-electron chi connectivity index (χ1n) is 7.15. The number of pyridine rings is 1. The van der Waals surface area contributed by atoms with Crippen LogP contribution in [-0.2, 0) is 6.54 Å². The molecule has 1 N–H and O–H groups in total. The van der Waals surface area contributed by atoms with E-state index in [1.54, 1.807) is 12.3 Å². The van der Waals surface area contributed by atoms with Crippen LogP contribution in [0, 0.1) is 0 Å². The standard InChI is InChI=1S/C16H16Cl3N3.ClH/c17-12-2-1-11(15(18)7-12)9-21-13-4-6-22(10-13)14-3-5-20-16(19)8-14;/h1-3,5,7-8,13,21H,4,6,9-10H2;1H/t13-;/m0./s1. The van der Waals surface area contributed by atoms with E-state index in [0.29, 0.717) is 21.2 Å². The molecule has 0 radical (unpaired) electrons. The van der Waals surface area contributed by atoms with Crippen molar-refractivity contribution in [1.29, 1.82) is 0 Å². The topological polar surface area (TPSA) is 28.2 Å². The number of aromatic nitrogens is 1. The normalized spacial score (nSPS) is 17.2. The molecule has 0 spiro atoms. The van der Waals surface area contributed by atoms with E-state index in [-0.39, 0.29) is 12.4 Å². The van der Waals surface area contributed by atoms with Crippen molar-refractivity contribution in [3.05, 3.63) is 57.3 Å². The fourth-order valence-corrected chi connectivity index (χ4v) is 3.31. The molecular formula is C16H17Cl4N3. The van der Waals surface area contributed by atoms with Crippen molar-refractivity contribution < 1.29 is 0 Å². The van der Waals surface area contributed by atoms with Gasteiger partial charge in [-0.2, -0.15) is 0 Å². The molecule has 0 amide bonds. The van der Waals surface area contributed by atoms with Gasteiger partial charge in [0.05, 0.1) is 0 Å². The molecule has 3 nitrogen and oxygen atoms in total. The van der Waals surface area contributed by atoms with E-state index in [1.807, 2.05) is 24.3 Å². The van der Waals surface area contributed by atoms with Gasteiger partial charge in [-0.3, -0.25) is 0 Å². The van der Waals surface area contributed by atoms with Gasteiger partial charge >= 0.3 is 0 Å². The quantitative estimate of drug-likeness (QED) is 0.755. The maximum Gasteiger partial charge on any atom is 0.131 e. The summed E-state index contributed by atoms with van der Waals surface area (Å²) in [6.45, 7) is 2.70. The predicted molar refractivity (Wildman–Crippen MR) is 100 cm³/mol. The van der Waals surface area contributed by atoms with Gasteiger partial charge in [0.2, 0.25) is 0 Å². The Bertz CT molecular complexity index is 666. The molecule has 0 unspecified atom stereocenters. The molecule has 0 aliphatic carbocycles. The summed E-state index contributed by atoms with van der Waals surface area (Å²) < 4.78 is 0. The molecule has 1 atom stereocenters. The summed E-state index contributed by atoms with van der Waals surface area (Å²) in [4.78, 5) is 6.33. The molecule has 1 aromatic carbocycles. The van der Waals surface area contributed by atoms with Crippen LogP contribution in [0.3, 0.4) is 0 Å². The van der Waals surface area contributed by atoms with Gasteiger partial charge in [0, 0.05) is 47.6 Å². The van der Waals surface area contributed by atoms with Crippen LogP contribution in [0.25, 0.3) is 0 Å². The van der Waals surface area contributed by atoms with Crippen LogP contribution in [0.5, 0.6) is 0 Å². The smallest absolute Gasteiger partial charge is 0.131 e. The maximum atomic E-state index is 6.20. The van der Waals surface area contributed by atoms with Crippen molar-refractivity contribution >= 4 is 52.9 Å². The van der Waals surface area contributed by atoms with E-state index in [2.05, 4.69) is 15.2 Å². The summed E-state index contributed by atoms with van der Waals surface area (Å²) in [5.41, 5.74) is 2.19. The third kappa shape index (κ3) is 4.88. The van der Waals surface area contributed by atoms with Crippen molar-refractivity contribution in [2.75, 3.05) is 18.0 Å². The van der Waals surface area contributed by atoms with Crippen LogP contribution in [0.2, 0.25) is 15.2 Å². The van der Waals surface area contributed by atoms with Gasteiger partial charge in [0.15, 0.2) is 0 Å². The molecule has 2 aromatic rings. The number of benzene rings is 1. The molecule has 2 heterocycles. The lowest BCUT2D eigenvalue weighted by Gasteiger charge is -2.19. The van der Waals surface area contributed by atoms with Crippen molar-refractivity contribution in [3.8, 4) is 0 Å². The van der Waals surface area contributed by atoms with Gasteiger partial charge in [-0.1, -0.05) is 40.9 Å². The van der Waals surface area contributed by atoms with Gasteiger partial charge in [0.25, 0.3) is 0 Å². The average Bonchev–Trinajstić information content (AvgIpc) is 2.95. The Hall–Kier alpha value is -0.710. The third-order valence-electron chi connectivity index (χ3n) is 3.86. The second-order valence-electron chi connectivity index (χ2n) is 5.39. The molecule has 3 rings (SSSR count). The minimum atomic E-state index is 0. The van der Waals surface area contributed by atoms with Crippen molar-refractivity contribution in [2.24, 2.45) is 0 Å². The van der Waals surface area contributed by atoms with Crippen LogP contribution in [-0.4, -0.2) is 24.1 Å². The van der Waals surface area contributed by atoms with Crippen molar-refractivity contribution in [2.45, 2.75) is 19.0 Å². The van der Waals surface area contributed by atoms with E-state index in [9.17, 15) is 0 Å². The van der Waals surface area contributed by atoms with E-state index in [4.69, 9.17) is 34.8 Å². The van der Waals surface area contributed by atoms with Crippen LogP contribution in [0.15, 0.2) is 36.5 Å². The lowest BCUT2D eigenvalue weighted by Crippen LogP contribution is -2.32. The molecule has 1 aliphatic heterocycles. The summed E-state index contributed by atoms with van der Waals surface area (Å²) >= 11 is 18.1. The Morgan fingerprint density at radius 1 is 1.17 bits per heavy atom. The lowest BCUT2D eigenvalue weighted by molar-refractivity contribution is 0.551. The lowest BCUT2D eigenvalue weighted by atomic mass is 10.2. The Balaban J connectivity index is 0.00000192. The Labute approximate surface area is 157 Å². The van der Waals surface area contributed by atoms with Gasteiger partial charge in [-0.05, 0) is 36.2 Å². The summed E-state index contributed by atoms with van der Waals surface area (Å²) in [6.07, 6.45) is 2.83. The van der Waals surface area contributed by atoms with Gasteiger partial charge in [0.1, 0.15) is 5.15 Å². The highest BCUT2D eigenvalue weighted by Gasteiger charge is 2.22. The average molecular weight is 393 g/mol. The second-order valence-corrected chi connectivity index (χ2v) is 6.62. The molecule has 1 aromatic heterocycles. The van der Waals surface area contributed by atoms with Crippen molar-refractivity contribution in [3.63, 3.8) is 0 Å². The summed E-state index contributed by atoms with van der Waals surface area (Å²) in [5.74, 6) is 0. The van der Waals surface area contributed by atoms with Crippen LogP contribution in [0.4, 0.5) is 5.69 Å². The van der Waals surface area contributed by atoms with Crippen LogP contribution >= 0.6 is 47.2 Å². The minimum absolute atomic E-state index is 0. The molecular weight excluding hydrogens is 376 g/mol. The number of hydrogen-bond donors (Lipinski definition) is 1. The minimum Gasteiger partial charge on any atom is -0.370 e. The zero-order valence-electron chi connectivity index (χ0n) is 12.3. The Kier molecular flexibility index (Phi) is 6.81. The highest BCUT2D eigenvalue weighted by atomic mass is 35.5. The molecule has 0 saturated carbocycles. The molecule has 7 heteroatoms. The maximum absolute atomic E-state index is 6.20. The fraction of sp³-hybridized carbons (Fsp3) is 0.312. The number of nitrogens with zero attached hydrogens (tertiary/aromatic N) is 2. The molecule has 124 valence electrons. The number of halogens is 4. The number of hydrogen-bond acceptors (Lipinski definition) is 3. The Morgan fingerprint density at radius 3 is 2.74 bits per heavy atom. The monoisotopic (exact) mass is 391 g/mol. The molecule has 1 saturated heterocycles. The third-order valence-corrected chi connectivity index (χ3v) is 4.65. The molecule has 0 bridgehead atoms. The summed E-state index contributed by atoms with van der Waals surface area (Å²) in [5, 5.41) is 5.45. The molecule has 1 fully saturated rings. The van der Waals surface area contributed by atoms with Gasteiger partial charge in [-0.15, -0.1) is 12.4 Å². The van der Waals surface area contributed by atoms with E-state index in [0.717, 1.165) is 37.3 Å². The van der Waals surface area contributed by atoms with Gasteiger partial charge in [-0.25, -0.2) is 4.98 Å². The van der Waals surface area contributed by atoms with E-state index in [1.165, 1.54) is 0 Å². The SMILES string of the molecule is Cl.Clc1ccc(CN[C@H]2CCN(c3ccnc(Cl)c3)C2)c(Cl)c1. The van der Waals surface area contributed by atoms with Crippen molar-refractivity contribution in [1.82, 2.24) is 10.3 Å². The first-order valence-corrected chi connectivity index (χ1v) is 8.29. The highest BCUT2D eigenvalue weighted by molar-refractivity contribution is 6.35. The number of anilines is 1. The largest absolute Gasteiger partial charge is 0.370 e. The van der Waals surface area contributed by atoms with Crippen LogP contribution < -0.4 is 10.2 Å². The zero-order chi connectivity index (χ0) is 15.5. The Morgan fingerprint density at radius 2 is 2.00 bits per heavy atom. The summed E-state index contributed by atoms with van der Waals surface area (Å²) in [7, 11) is 0. The van der Waals surface area contributed by atoms with E-state index < -0.39 is 0 Å². The highest BCUT2D eigenvalue weighted by Crippen LogP contribution is 2.24. The second kappa shape index (κ2) is 8.41. The first-order chi connectivity index (χ1) is 10.6. The van der Waals surface area contributed by atoms with E-state index >= 15 is 0 Å². The summed E-state index contributed by atoms with van der Waals surface area (Å²) in [6, 6.07) is 9.93. The number of nitrogens with one attached hydrogen (secondary N) is 1. The molecule has 1 aliphatic rings. The zero-order valence-corrected chi connectivity index (χ0v) is 15.4. The first kappa shape index (κ1) is 18.6. The molecule has 23 heavy (non-hydrogen) atoms. The van der Waals surface area contributed by atoms with Crippen LogP contribution in [0.1, 0.15) is 12.0 Å². The predicted octanol–water partition coefficient (Wildman–Crippen LogP) is 4.83. The fourth-order valence-electron chi connectivity index (χ4n) is 2.67. The van der Waals surface area contributed by atoms with Gasteiger partial charge < -0.3 is 10.2 Å². The number of rotatable bonds is 4.